The van der Waals surface area contributed by atoms with E-state index in [1.807, 2.05) is 6.07 Å². The Balaban J connectivity index is 2.79. The fourth-order valence-corrected chi connectivity index (χ4v) is 8.96. The van der Waals surface area contributed by atoms with Gasteiger partial charge < -0.3 is 9.16 Å². The number of hydrogen-bond donors (Lipinski definition) is 0. The zero-order valence-corrected chi connectivity index (χ0v) is 16.6. The van der Waals surface area contributed by atoms with Gasteiger partial charge in [-0.1, -0.05) is 71.9 Å². The maximum Gasteiger partial charge on any atom is 0.203 e. The van der Waals surface area contributed by atoms with Crippen LogP contribution in [0.1, 0.15) is 61.0 Å². The Morgan fingerprint density at radius 2 is 1.32 bits per heavy atom. The highest BCUT2D eigenvalue weighted by Gasteiger charge is 2.45. The van der Waals surface area contributed by atoms with Crippen LogP contribution >= 0.6 is 0 Å². The first-order chi connectivity index (χ1) is 10.1. The van der Waals surface area contributed by atoms with E-state index in [0.717, 1.165) is 0 Å². The minimum Gasteiger partial charge on any atom is -0.394 e. The lowest BCUT2D eigenvalue weighted by atomic mass is 9.98. The van der Waals surface area contributed by atoms with Gasteiger partial charge in [0.1, 0.15) is 6.79 Å². The highest BCUT2D eigenvalue weighted by Crippen LogP contribution is 2.42. The third-order valence-electron chi connectivity index (χ3n) is 4.90. The molecule has 0 saturated heterocycles. The van der Waals surface area contributed by atoms with E-state index in [4.69, 9.17) is 9.16 Å². The van der Waals surface area contributed by atoms with Crippen LogP contribution in [-0.2, 0) is 14.8 Å². The van der Waals surface area contributed by atoms with Crippen LogP contribution in [0.3, 0.4) is 0 Å². The van der Waals surface area contributed by atoms with Crippen molar-refractivity contribution < 1.29 is 9.16 Å². The summed E-state index contributed by atoms with van der Waals surface area (Å²) in [7, 11) is -1.85. The van der Waals surface area contributed by atoms with Crippen molar-refractivity contribution in [2.75, 3.05) is 6.79 Å². The molecule has 0 aliphatic heterocycles. The molecule has 0 amide bonds. The number of benzene rings is 1. The smallest absolute Gasteiger partial charge is 0.203 e. The largest absolute Gasteiger partial charge is 0.394 e. The highest BCUT2D eigenvalue weighted by molar-refractivity contribution is 6.77. The van der Waals surface area contributed by atoms with E-state index < -0.39 is 8.32 Å². The van der Waals surface area contributed by atoms with Crippen LogP contribution < -0.4 is 0 Å². The number of rotatable bonds is 8. The van der Waals surface area contributed by atoms with Gasteiger partial charge in [-0.05, 0) is 36.0 Å². The Morgan fingerprint density at radius 3 is 1.73 bits per heavy atom. The van der Waals surface area contributed by atoms with Crippen molar-refractivity contribution in [1.82, 2.24) is 0 Å². The van der Waals surface area contributed by atoms with Gasteiger partial charge in [0.2, 0.25) is 8.32 Å². The molecule has 126 valence electrons. The molecule has 1 aromatic carbocycles. The molecule has 0 aliphatic rings. The Hall–Kier alpha value is -0.643. The zero-order chi connectivity index (χ0) is 17.0. The third kappa shape index (κ3) is 4.21. The maximum absolute atomic E-state index is 6.49. The van der Waals surface area contributed by atoms with Crippen molar-refractivity contribution in [1.29, 1.82) is 0 Å². The van der Waals surface area contributed by atoms with Gasteiger partial charge in [0.15, 0.2) is 0 Å². The molecule has 1 rings (SSSR count). The van der Waals surface area contributed by atoms with E-state index in [1.165, 1.54) is 5.56 Å². The monoisotopic (exact) mass is 322 g/mol. The van der Waals surface area contributed by atoms with Gasteiger partial charge in [0.25, 0.3) is 0 Å². The van der Waals surface area contributed by atoms with Gasteiger partial charge in [-0.25, -0.2) is 0 Å². The first-order valence-corrected chi connectivity index (χ1v) is 10.6. The van der Waals surface area contributed by atoms with Gasteiger partial charge in [-0.15, -0.1) is 0 Å². The van der Waals surface area contributed by atoms with Gasteiger partial charge in [-0.2, -0.15) is 0 Å². The maximum atomic E-state index is 6.49. The summed E-state index contributed by atoms with van der Waals surface area (Å²) in [5, 5.41) is 0. The zero-order valence-electron chi connectivity index (χ0n) is 15.6. The minimum absolute atomic E-state index is 0.327. The van der Waals surface area contributed by atoms with E-state index in [1.54, 1.807) is 0 Å². The lowest BCUT2D eigenvalue weighted by Crippen LogP contribution is -2.48. The molecule has 2 nitrogen and oxygen atoms in total. The van der Waals surface area contributed by atoms with Gasteiger partial charge in [-0.3, -0.25) is 0 Å². The van der Waals surface area contributed by atoms with Crippen molar-refractivity contribution in [2.24, 2.45) is 0 Å². The van der Waals surface area contributed by atoms with Crippen LogP contribution in [0.25, 0.3) is 0 Å². The average Bonchev–Trinajstić information content (AvgIpc) is 2.43. The molecular weight excluding hydrogens is 288 g/mol. The normalized spacial score (nSPS) is 13.4. The van der Waals surface area contributed by atoms with Crippen LogP contribution in [0.5, 0.6) is 0 Å². The summed E-state index contributed by atoms with van der Waals surface area (Å²) in [6, 6.07) is 10.4. The first kappa shape index (κ1) is 19.4. The van der Waals surface area contributed by atoms with Crippen molar-refractivity contribution >= 4 is 8.32 Å². The van der Waals surface area contributed by atoms with Crippen molar-refractivity contribution in [2.45, 2.75) is 77.6 Å². The van der Waals surface area contributed by atoms with Gasteiger partial charge >= 0.3 is 0 Å². The second kappa shape index (κ2) is 7.76. The molecule has 0 N–H and O–H groups in total. The fraction of sp³-hybridized carbons (Fsp3) is 0.684. The highest BCUT2D eigenvalue weighted by atomic mass is 28.4. The summed E-state index contributed by atoms with van der Waals surface area (Å²) in [5.74, 6) is 0. The molecule has 0 bridgehead atoms. The Labute approximate surface area is 138 Å². The molecule has 3 heteroatoms. The van der Waals surface area contributed by atoms with Gasteiger partial charge in [0, 0.05) is 0 Å². The standard InChI is InChI=1S/C19H34O2Si/c1-15(2)22(16(3)4,17(5)6)21-14-20-19(7,8)18-12-10-9-11-13-18/h9-13,15-17H,14H2,1-8H3. The van der Waals surface area contributed by atoms with E-state index >= 15 is 0 Å². The van der Waals surface area contributed by atoms with E-state index in [0.29, 0.717) is 23.4 Å². The van der Waals surface area contributed by atoms with Crippen LogP contribution in [0.15, 0.2) is 30.3 Å². The quantitative estimate of drug-likeness (QED) is 0.426. The van der Waals surface area contributed by atoms with Gasteiger partial charge in [0.05, 0.1) is 5.60 Å². The molecule has 0 saturated carbocycles. The fourth-order valence-electron chi connectivity index (χ4n) is 3.70. The molecule has 0 unspecified atom stereocenters. The first-order valence-electron chi connectivity index (χ1n) is 8.48. The number of ether oxygens (including phenoxy) is 1. The third-order valence-corrected chi connectivity index (χ3v) is 10.9. The topological polar surface area (TPSA) is 18.5 Å². The SMILES string of the molecule is CC(C)[Si](OCOC(C)(C)c1ccccc1)(C(C)C)C(C)C. The van der Waals surface area contributed by atoms with Crippen molar-refractivity contribution in [3.05, 3.63) is 35.9 Å². The van der Waals surface area contributed by atoms with Crippen molar-refractivity contribution in [3.63, 3.8) is 0 Å². The summed E-state index contributed by atoms with van der Waals surface area (Å²) < 4.78 is 12.6. The Morgan fingerprint density at radius 1 is 0.864 bits per heavy atom. The molecule has 0 radical (unpaired) electrons. The predicted molar refractivity (Wildman–Crippen MR) is 97.6 cm³/mol. The summed E-state index contributed by atoms with van der Waals surface area (Å²) in [6.07, 6.45) is 0. The average molecular weight is 323 g/mol. The Kier molecular flexibility index (Phi) is 6.84. The minimum atomic E-state index is -1.85. The summed E-state index contributed by atoms with van der Waals surface area (Å²) in [6.45, 7) is 18.4. The van der Waals surface area contributed by atoms with Crippen LogP contribution in [0, 0.1) is 0 Å². The van der Waals surface area contributed by atoms with Crippen LogP contribution in [-0.4, -0.2) is 15.1 Å². The molecule has 0 fully saturated rings. The predicted octanol–water partition coefficient (Wildman–Crippen LogP) is 6.09. The number of hydrogen-bond acceptors (Lipinski definition) is 2. The molecule has 1 aromatic rings. The molecule has 0 heterocycles. The lowest BCUT2D eigenvalue weighted by molar-refractivity contribution is -0.0967. The van der Waals surface area contributed by atoms with E-state index in [9.17, 15) is 0 Å². The molecule has 0 aromatic heterocycles. The van der Waals surface area contributed by atoms with Crippen LogP contribution in [0.4, 0.5) is 0 Å². The molecule has 0 atom stereocenters. The van der Waals surface area contributed by atoms with Crippen LogP contribution in [0.2, 0.25) is 16.6 Å². The Bertz CT molecular complexity index is 416. The second-order valence-electron chi connectivity index (χ2n) is 7.60. The van der Waals surface area contributed by atoms with E-state index in [-0.39, 0.29) is 5.60 Å². The molecule has 22 heavy (non-hydrogen) atoms. The van der Waals surface area contributed by atoms with E-state index in [2.05, 4.69) is 79.7 Å². The van der Waals surface area contributed by atoms with Crippen molar-refractivity contribution in [3.8, 4) is 0 Å². The molecular formula is C19H34O2Si. The second-order valence-corrected chi connectivity index (χ2v) is 13.1. The molecule has 0 aliphatic carbocycles. The summed E-state index contributed by atoms with van der Waals surface area (Å²) in [4.78, 5) is 0. The summed E-state index contributed by atoms with van der Waals surface area (Å²) in [5.41, 5.74) is 2.60. The lowest BCUT2D eigenvalue weighted by Gasteiger charge is -2.42. The molecule has 0 spiro atoms. The summed E-state index contributed by atoms with van der Waals surface area (Å²) >= 11 is 0.